The van der Waals surface area contributed by atoms with Crippen LogP contribution in [-0.2, 0) is 16.1 Å². The molecule has 1 fully saturated rings. The molecule has 2 rings (SSSR count). The molecule has 1 saturated heterocycles. The lowest BCUT2D eigenvalue weighted by atomic mass is 9.89. The molecule has 1 aliphatic rings. The summed E-state index contributed by atoms with van der Waals surface area (Å²) in [5.74, 6) is 1.31. The Hall–Kier alpha value is -2.08. The maximum absolute atomic E-state index is 12.0. The van der Waals surface area contributed by atoms with Crippen molar-refractivity contribution in [3.8, 4) is 0 Å². The SMILES string of the molecule is CCC(CC)C1CC(NC(=NCc2ccccc2)NCC(=O)N(C)C)CCO1. The van der Waals surface area contributed by atoms with Gasteiger partial charge < -0.3 is 20.3 Å². The molecule has 0 bridgehead atoms. The minimum absolute atomic E-state index is 0.0242. The van der Waals surface area contributed by atoms with Crippen molar-refractivity contribution in [2.75, 3.05) is 27.2 Å². The molecule has 2 unspecified atom stereocenters. The maximum atomic E-state index is 12.0. The minimum atomic E-state index is 0.0242. The fourth-order valence-electron chi connectivity index (χ4n) is 3.52. The number of amides is 1. The molecular formula is C22H36N4O2. The molecule has 1 heterocycles. The van der Waals surface area contributed by atoms with Gasteiger partial charge in [-0.05, 0) is 24.3 Å². The number of rotatable bonds is 8. The standard InChI is InChI=1S/C22H36N4O2/c1-5-18(6-2)20-14-19(12-13-28-20)25-22(24-16-21(27)26(3)4)23-15-17-10-8-7-9-11-17/h7-11,18-20H,5-6,12-16H2,1-4H3,(H2,23,24,25). The molecule has 1 amide bonds. The highest BCUT2D eigenvalue weighted by molar-refractivity contribution is 5.86. The monoisotopic (exact) mass is 388 g/mol. The summed E-state index contributed by atoms with van der Waals surface area (Å²) in [5.41, 5.74) is 1.14. The normalized spacial score (nSPS) is 20.1. The summed E-state index contributed by atoms with van der Waals surface area (Å²) in [6.45, 7) is 6.03. The van der Waals surface area contributed by atoms with Gasteiger partial charge in [-0.2, -0.15) is 0 Å². The van der Waals surface area contributed by atoms with Gasteiger partial charge in [-0.25, -0.2) is 4.99 Å². The van der Waals surface area contributed by atoms with E-state index in [4.69, 9.17) is 9.73 Å². The zero-order valence-corrected chi connectivity index (χ0v) is 17.8. The van der Waals surface area contributed by atoms with Gasteiger partial charge in [0.1, 0.15) is 0 Å². The molecule has 6 heteroatoms. The second-order valence-electron chi connectivity index (χ2n) is 7.64. The van der Waals surface area contributed by atoms with Crippen LogP contribution in [0.5, 0.6) is 0 Å². The van der Waals surface area contributed by atoms with E-state index in [-0.39, 0.29) is 12.5 Å². The number of benzene rings is 1. The Bertz CT molecular complexity index is 614. The van der Waals surface area contributed by atoms with Crippen molar-refractivity contribution < 1.29 is 9.53 Å². The van der Waals surface area contributed by atoms with Crippen molar-refractivity contribution in [3.63, 3.8) is 0 Å². The number of guanidine groups is 1. The first-order valence-corrected chi connectivity index (χ1v) is 10.4. The zero-order chi connectivity index (χ0) is 20.4. The van der Waals surface area contributed by atoms with E-state index in [1.165, 1.54) is 0 Å². The molecule has 28 heavy (non-hydrogen) atoms. The molecule has 2 N–H and O–H groups in total. The van der Waals surface area contributed by atoms with Crippen molar-refractivity contribution in [3.05, 3.63) is 35.9 Å². The third-order valence-electron chi connectivity index (χ3n) is 5.40. The van der Waals surface area contributed by atoms with Gasteiger partial charge in [-0.15, -0.1) is 0 Å². The van der Waals surface area contributed by atoms with Crippen LogP contribution in [0, 0.1) is 5.92 Å². The Labute approximate surface area is 169 Å². The average molecular weight is 389 g/mol. The Balaban J connectivity index is 2.02. The summed E-state index contributed by atoms with van der Waals surface area (Å²) in [6, 6.07) is 10.4. The van der Waals surface area contributed by atoms with Gasteiger partial charge in [0.2, 0.25) is 5.91 Å². The van der Waals surface area contributed by atoms with Gasteiger partial charge in [-0.3, -0.25) is 4.79 Å². The highest BCUT2D eigenvalue weighted by Gasteiger charge is 2.28. The van der Waals surface area contributed by atoms with E-state index in [1.54, 1.807) is 19.0 Å². The third kappa shape index (κ3) is 7.15. The lowest BCUT2D eigenvalue weighted by Crippen LogP contribution is -2.50. The highest BCUT2D eigenvalue weighted by atomic mass is 16.5. The smallest absolute Gasteiger partial charge is 0.241 e. The first-order chi connectivity index (χ1) is 13.5. The second kappa shape index (κ2) is 11.7. The molecule has 6 nitrogen and oxygen atoms in total. The molecular weight excluding hydrogens is 352 g/mol. The van der Waals surface area contributed by atoms with Crippen molar-refractivity contribution in [1.29, 1.82) is 0 Å². The lowest BCUT2D eigenvalue weighted by Gasteiger charge is -2.35. The van der Waals surface area contributed by atoms with Crippen LogP contribution in [0.3, 0.4) is 0 Å². The highest BCUT2D eigenvalue weighted by Crippen LogP contribution is 2.25. The van der Waals surface area contributed by atoms with Gasteiger partial charge in [0.05, 0.1) is 19.2 Å². The van der Waals surface area contributed by atoms with E-state index < -0.39 is 0 Å². The Morgan fingerprint density at radius 3 is 2.61 bits per heavy atom. The summed E-state index contributed by atoms with van der Waals surface area (Å²) < 4.78 is 6.03. The summed E-state index contributed by atoms with van der Waals surface area (Å²) >= 11 is 0. The first-order valence-electron chi connectivity index (χ1n) is 10.4. The van der Waals surface area contributed by atoms with Gasteiger partial charge in [0.25, 0.3) is 0 Å². The average Bonchev–Trinajstić information content (AvgIpc) is 2.71. The molecule has 0 radical (unpaired) electrons. The summed E-state index contributed by atoms with van der Waals surface area (Å²) in [6.07, 6.45) is 4.49. The number of ether oxygens (including phenoxy) is 1. The van der Waals surface area contributed by atoms with Crippen molar-refractivity contribution in [2.24, 2.45) is 10.9 Å². The van der Waals surface area contributed by atoms with Gasteiger partial charge in [0, 0.05) is 26.7 Å². The number of carbonyl (C=O) groups excluding carboxylic acids is 1. The first kappa shape index (κ1) is 22.2. The molecule has 0 saturated carbocycles. The van der Waals surface area contributed by atoms with Gasteiger partial charge >= 0.3 is 0 Å². The molecule has 1 aliphatic heterocycles. The molecule has 0 aromatic heterocycles. The number of hydrogen-bond acceptors (Lipinski definition) is 3. The van der Waals surface area contributed by atoms with Crippen molar-refractivity contribution in [2.45, 2.75) is 58.2 Å². The van der Waals surface area contributed by atoms with Crippen LogP contribution in [0.15, 0.2) is 35.3 Å². The van der Waals surface area contributed by atoms with E-state index >= 15 is 0 Å². The number of carbonyl (C=O) groups is 1. The van der Waals surface area contributed by atoms with E-state index in [9.17, 15) is 4.79 Å². The van der Waals surface area contributed by atoms with Gasteiger partial charge in [-0.1, -0.05) is 57.0 Å². The number of likely N-dealkylation sites (N-methyl/N-ethyl adjacent to an activating group) is 1. The Kier molecular flexibility index (Phi) is 9.28. The molecule has 0 aliphatic carbocycles. The summed E-state index contributed by atoms with van der Waals surface area (Å²) in [4.78, 5) is 18.3. The van der Waals surface area contributed by atoms with E-state index in [0.717, 1.165) is 37.9 Å². The fourth-order valence-corrected chi connectivity index (χ4v) is 3.52. The largest absolute Gasteiger partial charge is 0.378 e. The molecule has 0 spiro atoms. The van der Waals surface area contributed by atoms with Crippen LogP contribution in [0.25, 0.3) is 0 Å². The number of nitrogens with zero attached hydrogens (tertiary/aromatic N) is 2. The quantitative estimate of drug-likeness (QED) is 0.531. The van der Waals surface area contributed by atoms with Crippen LogP contribution in [0.1, 0.15) is 45.1 Å². The third-order valence-corrected chi connectivity index (χ3v) is 5.40. The van der Waals surface area contributed by atoms with Crippen LogP contribution in [0.2, 0.25) is 0 Å². The van der Waals surface area contributed by atoms with Crippen LogP contribution in [-0.4, -0.2) is 56.2 Å². The molecule has 1 aromatic rings. The maximum Gasteiger partial charge on any atom is 0.241 e. The van der Waals surface area contributed by atoms with Crippen molar-refractivity contribution >= 4 is 11.9 Å². The topological polar surface area (TPSA) is 66.0 Å². The molecule has 2 atom stereocenters. The van der Waals surface area contributed by atoms with Gasteiger partial charge in [0.15, 0.2) is 5.96 Å². The zero-order valence-electron chi connectivity index (χ0n) is 17.8. The van der Waals surface area contributed by atoms with Crippen LogP contribution < -0.4 is 10.6 Å². The van der Waals surface area contributed by atoms with E-state index in [1.807, 2.05) is 18.2 Å². The predicted octanol–water partition coefficient (Wildman–Crippen LogP) is 2.79. The number of hydrogen-bond donors (Lipinski definition) is 2. The Morgan fingerprint density at radius 2 is 1.96 bits per heavy atom. The number of nitrogens with one attached hydrogen (secondary N) is 2. The van der Waals surface area contributed by atoms with Crippen LogP contribution >= 0.6 is 0 Å². The number of aliphatic imine (C=N–C) groups is 1. The lowest BCUT2D eigenvalue weighted by molar-refractivity contribution is -0.127. The predicted molar refractivity (Wildman–Crippen MR) is 114 cm³/mol. The fraction of sp³-hybridized carbons (Fsp3) is 0.636. The summed E-state index contributed by atoms with van der Waals surface area (Å²) in [7, 11) is 3.52. The molecule has 1 aromatic carbocycles. The van der Waals surface area contributed by atoms with E-state index in [2.05, 4.69) is 36.6 Å². The van der Waals surface area contributed by atoms with Crippen LogP contribution in [0.4, 0.5) is 0 Å². The van der Waals surface area contributed by atoms with E-state index in [0.29, 0.717) is 30.6 Å². The van der Waals surface area contributed by atoms with Crippen molar-refractivity contribution in [1.82, 2.24) is 15.5 Å². The minimum Gasteiger partial charge on any atom is -0.378 e. The summed E-state index contributed by atoms with van der Waals surface area (Å²) in [5, 5.41) is 6.74. The Morgan fingerprint density at radius 1 is 1.25 bits per heavy atom. The second-order valence-corrected chi connectivity index (χ2v) is 7.64. The molecule has 156 valence electrons.